The monoisotopic (exact) mass is 312 g/mol. The molecular weight excluding hydrogens is 300 g/mol. The van der Waals surface area contributed by atoms with Gasteiger partial charge in [0.05, 0.1) is 9.86 Å². The lowest BCUT2D eigenvalue weighted by molar-refractivity contribution is 0.491. The van der Waals surface area contributed by atoms with E-state index in [-0.39, 0.29) is 5.43 Å². The normalized spacial score (nSPS) is 11.1. The maximum Gasteiger partial charge on any atom is 0.196 e. The van der Waals surface area contributed by atoms with Crippen molar-refractivity contribution in [2.75, 3.05) is 5.75 Å². The van der Waals surface area contributed by atoms with E-state index in [0.717, 1.165) is 20.9 Å². The van der Waals surface area contributed by atoms with Gasteiger partial charge in [-0.2, -0.15) is 0 Å². The maximum absolute atomic E-state index is 12.2. The Morgan fingerprint density at radius 2 is 2.06 bits per heavy atom. The fourth-order valence-electron chi connectivity index (χ4n) is 1.73. The Hall–Kier alpha value is -0.740. The summed E-state index contributed by atoms with van der Waals surface area (Å²) in [5.74, 6) is 0.888. The first-order chi connectivity index (χ1) is 8.04. The molecule has 0 fully saturated rings. The second-order valence-electron chi connectivity index (χ2n) is 3.90. The van der Waals surface area contributed by atoms with Crippen molar-refractivity contribution in [3.8, 4) is 0 Å². The van der Waals surface area contributed by atoms with Crippen LogP contribution in [-0.2, 0) is 0 Å². The summed E-state index contributed by atoms with van der Waals surface area (Å²) >= 11 is 5.01. The molecular formula is C13H13BrO2S. The Balaban J connectivity index is 2.86. The third-order valence-corrected chi connectivity index (χ3v) is 4.08. The summed E-state index contributed by atoms with van der Waals surface area (Å²) in [6.45, 7) is 5.83. The van der Waals surface area contributed by atoms with E-state index >= 15 is 0 Å². The first-order valence-corrected chi connectivity index (χ1v) is 7.18. The summed E-state index contributed by atoms with van der Waals surface area (Å²) in [6.07, 6.45) is 0. The molecule has 0 aliphatic rings. The van der Waals surface area contributed by atoms with Gasteiger partial charge in [-0.3, -0.25) is 4.79 Å². The van der Waals surface area contributed by atoms with Crippen molar-refractivity contribution in [3.05, 3.63) is 38.0 Å². The van der Waals surface area contributed by atoms with E-state index < -0.39 is 0 Å². The summed E-state index contributed by atoms with van der Waals surface area (Å²) in [5, 5.41) is 1.37. The predicted molar refractivity (Wildman–Crippen MR) is 76.1 cm³/mol. The van der Waals surface area contributed by atoms with Crippen LogP contribution >= 0.6 is 27.7 Å². The highest BCUT2D eigenvalue weighted by molar-refractivity contribution is 9.10. The minimum absolute atomic E-state index is 0.0617. The van der Waals surface area contributed by atoms with Gasteiger partial charge in [-0.1, -0.05) is 18.7 Å². The SMILES string of the molecule is CCSc1oc2c(Br)cc(C)cc2c(=O)c1C. The number of fused-ring (bicyclic) bond motifs is 1. The Morgan fingerprint density at radius 3 is 2.71 bits per heavy atom. The van der Waals surface area contributed by atoms with Gasteiger partial charge in [0.2, 0.25) is 0 Å². The lowest BCUT2D eigenvalue weighted by atomic mass is 10.1. The summed E-state index contributed by atoms with van der Waals surface area (Å²) in [7, 11) is 0. The van der Waals surface area contributed by atoms with Crippen molar-refractivity contribution < 1.29 is 4.42 Å². The summed E-state index contributed by atoms with van der Waals surface area (Å²) in [6, 6.07) is 3.83. The van der Waals surface area contributed by atoms with Gasteiger partial charge in [-0.05, 0) is 53.2 Å². The quantitative estimate of drug-likeness (QED) is 0.775. The molecule has 0 bridgehead atoms. The summed E-state index contributed by atoms with van der Waals surface area (Å²) in [4.78, 5) is 12.2. The lowest BCUT2D eigenvalue weighted by Gasteiger charge is -2.07. The highest BCUT2D eigenvalue weighted by Crippen LogP contribution is 2.29. The minimum Gasteiger partial charge on any atom is -0.448 e. The molecule has 2 rings (SSSR count). The van der Waals surface area contributed by atoms with Crippen LogP contribution in [0, 0.1) is 13.8 Å². The highest BCUT2D eigenvalue weighted by Gasteiger charge is 2.13. The van der Waals surface area contributed by atoms with E-state index in [4.69, 9.17) is 4.42 Å². The lowest BCUT2D eigenvalue weighted by Crippen LogP contribution is -2.07. The zero-order valence-corrected chi connectivity index (χ0v) is 12.4. The van der Waals surface area contributed by atoms with Crippen molar-refractivity contribution in [1.82, 2.24) is 0 Å². The van der Waals surface area contributed by atoms with Gasteiger partial charge in [0, 0.05) is 5.56 Å². The van der Waals surface area contributed by atoms with Gasteiger partial charge < -0.3 is 4.42 Å². The molecule has 0 amide bonds. The Morgan fingerprint density at radius 1 is 1.35 bits per heavy atom. The third-order valence-electron chi connectivity index (χ3n) is 2.55. The van der Waals surface area contributed by atoms with Gasteiger partial charge in [-0.25, -0.2) is 0 Å². The molecule has 2 nitrogen and oxygen atoms in total. The van der Waals surface area contributed by atoms with Gasteiger partial charge in [0.25, 0.3) is 0 Å². The largest absolute Gasteiger partial charge is 0.448 e. The van der Waals surface area contributed by atoms with E-state index in [1.165, 1.54) is 0 Å². The Bertz CT molecular complexity index is 631. The highest BCUT2D eigenvalue weighted by atomic mass is 79.9. The molecule has 0 aliphatic carbocycles. The van der Waals surface area contributed by atoms with E-state index in [2.05, 4.69) is 15.9 Å². The molecule has 0 atom stereocenters. The Kier molecular flexibility index (Phi) is 3.64. The molecule has 90 valence electrons. The van der Waals surface area contributed by atoms with Crippen LogP contribution in [0.15, 0.2) is 30.9 Å². The molecule has 0 saturated heterocycles. The molecule has 0 radical (unpaired) electrons. The predicted octanol–water partition coefficient (Wildman–Crippen LogP) is 4.28. The van der Waals surface area contributed by atoms with Crippen LogP contribution < -0.4 is 5.43 Å². The maximum atomic E-state index is 12.2. The number of halogens is 1. The van der Waals surface area contributed by atoms with Crippen molar-refractivity contribution in [2.24, 2.45) is 0 Å². The van der Waals surface area contributed by atoms with Gasteiger partial charge >= 0.3 is 0 Å². The molecule has 1 heterocycles. The first-order valence-electron chi connectivity index (χ1n) is 5.41. The second kappa shape index (κ2) is 4.86. The molecule has 0 N–H and O–H groups in total. The molecule has 2 aromatic rings. The molecule has 1 aromatic heterocycles. The number of hydrogen-bond donors (Lipinski definition) is 0. The Labute approximate surface area is 113 Å². The number of aryl methyl sites for hydroxylation is 1. The van der Waals surface area contributed by atoms with Crippen LogP contribution in [0.1, 0.15) is 18.1 Å². The van der Waals surface area contributed by atoms with Crippen LogP contribution in [-0.4, -0.2) is 5.75 Å². The zero-order valence-electron chi connectivity index (χ0n) is 9.96. The first kappa shape index (κ1) is 12.7. The van der Waals surface area contributed by atoms with Crippen molar-refractivity contribution in [3.63, 3.8) is 0 Å². The minimum atomic E-state index is 0.0617. The third kappa shape index (κ3) is 2.29. The van der Waals surface area contributed by atoms with E-state index in [1.807, 2.05) is 32.9 Å². The van der Waals surface area contributed by atoms with Crippen molar-refractivity contribution >= 4 is 38.7 Å². The van der Waals surface area contributed by atoms with Gasteiger partial charge in [0.15, 0.2) is 16.1 Å². The van der Waals surface area contributed by atoms with Crippen LogP contribution in [0.2, 0.25) is 0 Å². The molecule has 0 saturated carbocycles. The number of thioether (sulfide) groups is 1. The van der Waals surface area contributed by atoms with Crippen molar-refractivity contribution in [2.45, 2.75) is 25.9 Å². The van der Waals surface area contributed by atoms with Crippen LogP contribution in [0.5, 0.6) is 0 Å². The second-order valence-corrected chi connectivity index (χ2v) is 5.99. The van der Waals surface area contributed by atoms with Crippen LogP contribution in [0.3, 0.4) is 0 Å². The fourth-order valence-corrected chi connectivity index (χ4v) is 3.10. The van der Waals surface area contributed by atoms with Crippen molar-refractivity contribution in [1.29, 1.82) is 0 Å². The topological polar surface area (TPSA) is 30.2 Å². The molecule has 0 spiro atoms. The van der Waals surface area contributed by atoms with E-state index in [9.17, 15) is 4.79 Å². The summed E-state index contributed by atoms with van der Waals surface area (Å²) in [5.41, 5.74) is 2.45. The molecule has 17 heavy (non-hydrogen) atoms. The zero-order chi connectivity index (χ0) is 12.6. The van der Waals surface area contributed by atoms with E-state index in [0.29, 0.717) is 16.5 Å². The average Bonchev–Trinajstić information content (AvgIpc) is 2.27. The van der Waals surface area contributed by atoms with Gasteiger partial charge in [0.1, 0.15) is 0 Å². The standard InChI is InChI=1S/C13H13BrO2S/c1-4-17-13-8(3)11(15)9-5-7(2)6-10(14)12(9)16-13/h5-6H,4H2,1-3H3. The van der Waals surface area contributed by atoms with E-state index in [1.54, 1.807) is 11.8 Å². The molecule has 0 aliphatic heterocycles. The van der Waals surface area contributed by atoms with Crippen LogP contribution in [0.4, 0.5) is 0 Å². The molecule has 0 unspecified atom stereocenters. The van der Waals surface area contributed by atoms with Crippen LogP contribution in [0.25, 0.3) is 11.0 Å². The summed E-state index contributed by atoms with van der Waals surface area (Å²) < 4.78 is 6.65. The molecule has 4 heteroatoms. The van der Waals surface area contributed by atoms with Gasteiger partial charge in [-0.15, -0.1) is 0 Å². The molecule has 1 aromatic carbocycles. The smallest absolute Gasteiger partial charge is 0.196 e. The number of benzene rings is 1. The number of hydrogen-bond acceptors (Lipinski definition) is 3. The fraction of sp³-hybridized carbons (Fsp3) is 0.308. The average molecular weight is 313 g/mol. The number of rotatable bonds is 2.